The fourth-order valence-electron chi connectivity index (χ4n) is 1.83. The van der Waals surface area contributed by atoms with Crippen molar-refractivity contribution in [2.45, 2.75) is 13.3 Å². The molecule has 0 atom stereocenters. The summed E-state index contributed by atoms with van der Waals surface area (Å²) in [4.78, 5) is 25.5. The van der Waals surface area contributed by atoms with E-state index in [9.17, 15) is 9.59 Å². The van der Waals surface area contributed by atoms with Crippen LogP contribution in [0.3, 0.4) is 0 Å². The van der Waals surface area contributed by atoms with E-state index in [1.165, 1.54) is 12.0 Å². The van der Waals surface area contributed by atoms with Crippen LogP contribution in [0.4, 0.5) is 5.69 Å². The Hall–Kier alpha value is -2.24. The Morgan fingerprint density at radius 1 is 1.40 bits per heavy atom. The quantitative estimate of drug-likeness (QED) is 0.757. The third kappa shape index (κ3) is 3.88. The highest BCUT2D eigenvalue weighted by atomic mass is 16.5. The molecule has 6 nitrogen and oxygen atoms in total. The number of likely N-dealkylation sites (N-methyl/N-ethyl adjacent to an activating group) is 1. The fourth-order valence-corrected chi connectivity index (χ4v) is 1.83. The molecule has 1 aromatic carbocycles. The minimum Gasteiger partial charge on any atom is -0.496 e. The van der Waals surface area contributed by atoms with E-state index in [1.807, 2.05) is 6.92 Å². The first-order chi connectivity index (χ1) is 9.53. The van der Waals surface area contributed by atoms with Crippen molar-refractivity contribution >= 4 is 17.5 Å². The van der Waals surface area contributed by atoms with Gasteiger partial charge in [0, 0.05) is 25.3 Å². The monoisotopic (exact) mass is 279 g/mol. The van der Waals surface area contributed by atoms with Crippen LogP contribution in [0.15, 0.2) is 18.2 Å². The third-order valence-corrected chi connectivity index (χ3v) is 2.85. The van der Waals surface area contributed by atoms with Gasteiger partial charge in [-0.25, -0.2) is 0 Å². The molecule has 0 radical (unpaired) electrons. The van der Waals surface area contributed by atoms with Gasteiger partial charge in [-0.05, 0) is 18.6 Å². The summed E-state index contributed by atoms with van der Waals surface area (Å²) in [6, 6.07) is 4.85. The second-order valence-electron chi connectivity index (χ2n) is 4.36. The first-order valence-corrected chi connectivity index (χ1v) is 6.46. The summed E-state index contributed by atoms with van der Waals surface area (Å²) in [5.74, 6) is -0.0403. The van der Waals surface area contributed by atoms with Gasteiger partial charge in [0.1, 0.15) is 5.75 Å². The first-order valence-electron chi connectivity index (χ1n) is 6.46. The second kappa shape index (κ2) is 7.37. The van der Waals surface area contributed by atoms with Crippen molar-refractivity contribution in [1.82, 2.24) is 10.2 Å². The number of nitrogen functional groups attached to an aromatic ring is 1. The van der Waals surface area contributed by atoms with Gasteiger partial charge in [0.05, 0.1) is 19.2 Å². The Labute approximate surface area is 118 Å². The number of hydrogen-bond donors (Lipinski definition) is 2. The van der Waals surface area contributed by atoms with Gasteiger partial charge in [-0.3, -0.25) is 9.59 Å². The number of nitrogens with two attached hydrogens (primary N) is 1. The SMILES string of the molecule is CCCN(CC(=O)NC)C(=O)c1ccc(N)cc1OC. The normalized spacial score (nSPS) is 9.95. The lowest BCUT2D eigenvalue weighted by molar-refractivity contribution is -0.121. The Bertz CT molecular complexity index is 489. The molecule has 3 N–H and O–H groups in total. The van der Waals surface area contributed by atoms with Crippen molar-refractivity contribution in [2.75, 3.05) is 33.0 Å². The van der Waals surface area contributed by atoms with E-state index >= 15 is 0 Å². The van der Waals surface area contributed by atoms with Crippen LogP contribution >= 0.6 is 0 Å². The molecule has 0 unspecified atom stereocenters. The predicted molar refractivity (Wildman–Crippen MR) is 77.7 cm³/mol. The molecule has 0 fully saturated rings. The largest absolute Gasteiger partial charge is 0.496 e. The number of hydrogen-bond acceptors (Lipinski definition) is 4. The zero-order valence-electron chi connectivity index (χ0n) is 12.1. The molecule has 0 aliphatic carbocycles. The Kier molecular flexibility index (Phi) is 5.83. The molecular weight excluding hydrogens is 258 g/mol. The van der Waals surface area contributed by atoms with Crippen molar-refractivity contribution < 1.29 is 14.3 Å². The number of ether oxygens (including phenoxy) is 1. The Morgan fingerprint density at radius 2 is 2.10 bits per heavy atom. The first kappa shape index (κ1) is 15.8. The summed E-state index contributed by atoms with van der Waals surface area (Å²) < 4.78 is 5.18. The number of rotatable bonds is 6. The van der Waals surface area contributed by atoms with E-state index < -0.39 is 0 Å². The van der Waals surface area contributed by atoms with Crippen LogP contribution in [0.5, 0.6) is 5.75 Å². The number of nitrogens with one attached hydrogen (secondary N) is 1. The average Bonchev–Trinajstić information content (AvgIpc) is 2.45. The maximum absolute atomic E-state index is 12.5. The van der Waals surface area contributed by atoms with Crippen LogP contribution < -0.4 is 15.8 Å². The number of carbonyl (C=O) groups is 2. The van der Waals surface area contributed by atoms with E-state index in [4.69, 9.17) is 10.5 Å². The smallest absolute Gasteiger partial charge is 0.258 e. The summed E-state index contributed by atoms with van der Waals surface area (Å²) in [6.45, 7) is 2.47. The van der Waals surface area contributed by atoms with E-state index in [0.717, 1.165) is 6.42 Å². The number of nitrogens with zero attached hydrogens (tertiary/aromatic N) is 1. The van der Waals surface area contributed by atoms with Gasteiger partial charge in [0.15, 0.2) is 0 Å². The number of amides is 2. The third-order valence-electron chi connectivity index (χ3n) is 2.85. The lowest BCUT2D eigenvalue weighted by atomic mass is 10.1. The highest BCUT2D eigenvalue weighted by Crippen LogP contribution is 2.23. The van der Waals surface area contributed by atoms with Crippen molar-refractivity contribution in [3.63, 3.8) is 0 Å². The molecule has 0 aliphatic heterocycles. The van der Waals surface area contributed by atoms with Crippen molar-refractivity contribution in [3.8, 4) is 5.75 Å². The van der Waals surface area contributed by atoms with Gasteiger partial charge in [-0.2, -0.15) is 0 Å². The molecule has 0 aliphatic rings. The van der Waals surface area contributed by atoms with Gasteiger partial charge in [0.2, 0.25) is 5.91 Å². The minimum absolute atomic E-state index is 0.0245. The standard InChI is InChI=1S/C14H21N3O3/c1-4-7-17(9-13(18)16-2)14(19)11-6-5-10(15)8-12(11)20-3/h5-6,8H,4,7,9,15H2,1-3H3,(H,16,18). The number of methoxy groups -OCH3 is 1. The second-order valence-corrected chi connectivity index (χ2v) is 4.36. The summed E-state index contributed by atoms with van der Waals surface area (Å²) >= 11 is 0. The van der Waals surface area contributed by atoms with Gasteiger partial charge in [0.25, 0.3) is 5.91 Å². The molecule has 1 aromatic rings. The zero-order valence-corrected chi connectivity index (χ0v) is 12.1. The minimum atomic E-state index is -0.243. The molecule has 6 heteroatoms. The van der Waals surface area contributed by atoms with Crippen LogP contribution in [0.2, 0.25) is 0 Å². The summed E-state index contributed by atoms with van der Waals surface area (Å²) in [6.07, 6.45) is 0.764. The maximum Gasteiger partial charge on any atom is 0.258 e. The number of benzene rings is 1. The van der Waals surface area contributed by atoms with E-state index in [-0.39, 0.29) is 18.4 Å². The molecule has 0 bridgehead atoms. The van der Waals surface area contributed by atoms with E-state index in [1.54, 1.807) is 25.2 Å². The molecule has 0 saturated heterocycles. The molecule has 0 spiro atoms. The molecule has 0 saturated carbocycles. The lowest BCUT2D eigenvalue weighted by Crippen LogP contribution is -2.40. The van der Waals surface area contributed by atoms with E-state index in [0.29, 0.717) is 23.5 Å². The molecule has 110 valence electrons. The maximum atomic E-state index is 12.5. The number of anilines is 1. The van der Waals surface area contributed by atoms with Gasteiger partial charge >= 0.3 is 0 Å². The van der Waals surface area contributed by atoms with Gasteiger partial charge < -0.3 is 20.7 Å². The summed E-state index contributed by atoms with van der Waals surface area (Å²) in [5, 5.41) is 2.51. The zero-order chi connectivity index (χ0) is 15.1. The van der Waals surface area contributed by atoms with E-state index in [2.05, 4.69) is 5.32 Å². The van der Waals surface area contributed by atoms with Crippen LogP contribution in [-0.4, -0.2) is 44.0 Å². The fraction of sp³-hybridized carbons (Fsp3) is 0.429. The van der Waals surface area contributed by atoms with Crippen LogP contribution in [0, 0.1) is 0 Å². The molecule has 20 heavy (non-hydrogen) atoms. The Balaban J connectivity index is 3.02. The van der Waals surface area contributed by atoms with Crippen LogP contribution in [0.1, 0.15) is 23.7 Å². The number of carbonyl (C=O) groups excluding carboxylic acids is 2. The van der Waals surface area contributed by atoms with Crippen LogP contribution in [0.25, 0.3) is 0 Å². The Morgan fingerprint density at radius 3 is 2.65 bits per heavy atom. The van der Waals surface area contributed by atoms with Crippen molar-refractivity contribution in [3.05, 3.63) is 23.8 Å². The lowest BCUT2D eigenvalue weighted by Gasteiger charge is -2.22. The molecule has 0 heterocycles. The van der Waals surface area contributed by atoms with Crippen molar-refractivity contribution in [2.24, 2.45) is 0 Å². The van der Waals surface area contributed by atoms with Gasteiger partial charge in [-0.1, -0.05) is 6.92 Å². The molecule has 2 amide bonds. The highest BCUT2D eigenvalue weighted by molar-refractivity contribution is 5.99. The van der Waals surface area contributed by atoms with Crippen molar-refractivity contribution in [1.29, 1.82) is 0 Å². The summed E-state index contributed by atoms with van der Waals surface area (Å²) in [7, 11) is 3.02. The van der Waals surface area contributed by atoms with Crippen LogP contribution in [-0.2, 0) is 4.79 Å². The van der Waals surface area contributed by atoms with Gasteiger partial charge in [-0.15, -0.1) is 0 Å². The predicted octanol–water partition coefficient (Wildman–Crippen LogP) is 0.876. The topological polar surface area (TPSA) is 84.7 Å². The molecular formula is C14H21N3O3. The molecule has 0 aromatic heterocycles. The highest BCUT2D eigenvalue weighted by Gasteiger charge is 2.21. The molecule has 1 rings (SSSR count). The summed E-state index contributed by atoms with van der Waals surface area (Å²) in [5.41, 5.74) is 6.59. The average molecular weight is 279 g/mol.